The lowest BCUT2D eigenvalue weighted by molar-refractivity contribution is -0.122. The minimum atomic E-state index is -0.127. The monoisotopic (exact) mass is 397 g/mol. The largest absolute Gasteiger partial charge is 0.349 e. The van der Waals surface area contributed by atoms with E-state index in [2.05, 4.69) is 51.0 Å². The van der Waals surface area contributed by atoms with Crippen molar-refractivity contribution in [2.45, 2.75) is 77.2 Å². The molecule has 0 bridgehead atoms. The summed E-state index contributed by atoms with van der Waals surface area (Å²) in [6, 6.07) is 0. The molecule has 0 aromatic heterocycles. The molecule has 2 nitrogen and oxygen atoms in total. The van der Waals surface area contributed by atoms with Gasteiger partial charge in [0.25, 0.3) is 0 Å². The van der Waals surface area contributed by atoms with Gasteiger partial charge in [-0.05, 0) is 12.8 Å². The van der Waals surface area contributed by atoms with Crippen LogP contribution in [0.1, 0.15) is 71.6 Å². The topological polar surface area (TPSA) is 29.1 Å². The minimum Gasteiger partial charge on any atom is -0.349 e. The van der Waals surface area contributed by atoms with Gasteiger partial charge in [-0.1, -0.05) is 84.2 Å². The van der Waals surface area contributed by atoms with Gasteiger partial charge in [0.05, 0.1) is 5.54 Å². The van der Waals surface area contributed by atoms with Crippen LogP contribution in [0.5, 0.6) is 0 Å². The number of unbranched alkanes of at least 4 members (excludes halogenated alkanes) is 6. The van der Waals surface area contributed by atoms with Crippen LogP contribution in [0.2, 0.25) is 0 Å². The summed E-state index contributed by atoms with van der Waals surface area (Å²) < 4.78 is 0. The number of halogens is 2. The highest BCUT2D eigenvalue weighted by molar-refractivity contribution is 9.09. The van der Waals surface area contributed by atoms with Crippen LogP contribution in [0.25, 0.3) is 0 Å². The predicted molar refractivity (Wildman–Crippen MR) is 91.4 cm³/mol. The van der Waals surface area contributed by atoms with Crippen molar-refractivity contribution >= 4 is 37.8 Å². The smallest absolute Gasteiger partial charge is 0.220 e. The van der Waals surface area contributed by atoms with E-state index in [9.17, 15) is 4.79 Å². The van der Waals surface area contributed by atoms with Crippen LogP contribution < -0.4 is 5.32 Å². The number of hydrogen-bond acceptors (Lipinski definition) is 1. The summed E-state index contributed by atoms with van der Waals surface area (Å²) in [6.45, 7) is 4.34. The van der Waals surface area contributed by atoms with E-state index < -0.39 is 0 Å². The van der Waals surface area contributed by atoms with Crippen LogP contribution in [0.4, 0.5) is 0 Å². The highest BCUT2D eigenvalue weighted by atomic mass is 79.9. The summed E-state index contributed by atoms with van der Waals surface area (Å²) in [4.78, 5) is 11.9. The molecule has 0 aliphatic carbocycles. The maximum absolute atomic E-state index is 11.9. The third-order valence-electron chi connectivity index (χ3n) is 3.60. The average molecular weight is 399 g/mol. The lowest BCUT2D eigenvalue weighted by atomic mass is 10.0. The minimum absolute atomic E-state index is 0.127. The van der Waals surface area contributed by atoms with Gasteiger partial charge in [-0.2, -0.15) is 0 Å². The molecule has 0 spiro atoms. The van der Waals surface area contributed by atoms with Gasteiger partial charge in [0.2, 0.25) is 5.91 Å². The van der Waals surface area contributed by atoms with Crippen molar-refractivity contribution in [3.05, 3.63) is 0 Å². The third kappa shape index (κ3) is 9.06. The molecule has 0 aromatic rings. The molecule has 0 saturated heterocycles. The highest BCUT2D eigenvalue weighted by Crippen LogP contribution is 2.17. The van der Waals surface area contributed by atoms with Crippen LogP contribution in [-0.4, -0.2) is 22.1 Å². The first-order valence-corrected chi connectivity index (χ1v) is 9.81. The molecule has 0 heterocycles. The van der Waals surface area contributed by atoms with Gasteiger partial charge in [-0.3, -0.25) is 4.79 Å². The van der Waals surface area contributed by atoms with Crippen LogP contribution in [0.15, 0.2) is 0 Å². The average Bonchev–Trinajstić information content (AvgIpc) is 2.44. The molecular formula is C15H29Br2NO. The highest BCUT2D eigenvalue weighted by Gasteiger charge is 2.27. The Morgan fingerprint density at radius 1 is 0.947 bits per heavy atom. The zero-order valence-electron chi connectivity index (χ0n) is 12.4. The van der Waals surface area contributed by atoms with Crippen LogP contribution in [-0.2, 0) is 4.79 Å². The zero-order valence-corrected chi connectivity index (χ0v) is 15.6. The number of hydrogen-bond donors (Lipinski definition) is 1. The predicted octanol–water partition coefficient (Wildman–Crippen LogP) is 5.18. The number of rotatable bonds is 12. The molecule has 0 rings (SSSR count). The number of carbonyl (C=O) groups is 1. The maximum Gasteiger partial charge on any atom is 0.220 e. The Kier molecular flexibility index (Phi) is 12.5. The molecule has 0 unspecified atom stereocenters. The van der Waals surface area contributed by atoms with Crippen molar-refractivity contribution in [3.63, 3.8) is 0 Å². The number of nitrogens with one attached hydrogen (secondary N) is 1. The summed E-state index contributed by atoms with van der Waals surface area (Å²) in [7, 11) is 0. The van der Waals surface area contributed by atoms with Gasteiger partial charge < -0.3 is 5.32 Å². The second-order valence-electron chi connectivity index (χ2n) is 5.32. The van der Waals surface area contributed by atoms with E-state index in [1.807, 2.05) is 0 Å². The third-order valence-corrected chi connectivity index (χ3v) is 5.75. The Bertz CT molecular complexity index is 222. The Morgan fingerprint density at radius 3 is 1.95 bits per heavy atom. The van der Waals surface area contributed by atoms with Gasteiger partial charge >= 0.3 is 0 Å². The molecule has 1 amide bonds. The molecule has 0 atom stereocenters. The van der Waals surface area contributed by atoms with Crippen molar-refractivity contribution in [2.75, 3.05) is 10.7 Å². The fraction of sp³-hybridized carbons (Fsp3) is 0.933. The second kappa shape index (κ2) is 12.2. The van der Waals surface area contributed by atoms with Gasteiger partial charge in [0, 0.05) is 17.1 Å². The SMILES string of the molecule is CCCCCCCCCC(=O)NC(CC)(CBr)CBr. The quantitative estimate of drug-likeness (QED) is 0.356. The lowest BCUT2D eigenvalue weighted by Gasteiger charge is -2.30. The molecule has 19 heavy (non-hydrogen) atoms. The van der Waals surface area contributed by atoms with Gasteiger partial charge in [0.1, 0.15) is 0 Å². The first-order chi connectivity index (χ1) is 9.14. The van der Waals surface area contributed by atoms with Crippen molar-refractivity contribution in [1.29, 1.82) is 0 Å². The first-order valence-electron chi connectivity index (χ1n) is 7.57. The first kappa shape index (κ1) is 19.4. The Balaban J connectivity index is 3.69. The van der Waals surface area contributed by atoms with Crippen LogP contribution in [0.3, 0.4) is 0 Å². The van der Waals surface area contributed by atoms with E-state index in [-0.39, 0.29) is 11.4 Å². The Morgan fingerprint density at radius 2 is 1.47 bits per heavy atom. The van der Waals surface area contributed by atoms with Crippen molar-refractivity contribution < 1.29 is 4.79 Å². The molecule has 0 radical (unpaired) electrons. The fourth-order valence-electron chi connectivity index (χ4n) is 1.98. The summed E-state index contributed by atoms with van der Waals surface area (Å²) in [6.07, 6.45) is 10.4. The van der Waals surface area contributed by atoms with E-state index in [0.717, 1.165) is 23.5 Å². The molecule has 0 aromatic carbocycles. The van der Waals surface area contributed by atoms with E-state index in [1.54, 1.807) is 0 Å². The van der Waals surface area contributed by atoms with Crippen LogP contribution in [0, 0.1) is 0 Å². The number of alkyl halides is 2. The second-order valence-corrected chi connectivity index (χ2v) is 6.44. The van der Waals surface area contributed by atoms with Gasteiger partial charge in [0.15, 0.2) is 0 Å². The zero-order chi connectivity index (χ0) is 14.6. The van der Waals surface area contributed by atoms with Gasteiger partial charge in [-0.25, -0.2) is 0 Å². The molecule has 0 fully saturated rings. The summed E-state index contributed by atoms with van der Waals surface area (Å²) in [5, 5.41) is 4.75. The molecule has 114 valence electrons. The van der Waals surface area contributed by atoms with Gasteiger partial charge in [-0.15, -0.1) is 0 Å². The number of carbonyl (C=O) groups excluding carboxylic acids is 1. The Hall–Kier alpha value is 0.430. The summed E-state index contributed by atoms with van der Waals surface area (Å²) in [5.74, 6) is 0.189. The molecule has 0 aliphatic heterocycles. The summed E-state index contributed by atoms with van der Waals surface area (Å²) >= 11 is 6.99. The molecule has 0 aliphatic rings. The number of amides is 1. The lowest BCUT2D eigenvalue weighted by Crippen LogP contribution is -2.51. The van der Waals surface area contributed by atoms with E-state index in [0.29, 0.717) is 6.42 Å². The van der Waals surface area contributed by atoms with E-state index in [1.165, 1.54) is 38.5 Å². The molecular weight excluding hydrogens is 370 g/mol. The Labute approximate surface area is 135 Å². The van der Waals surface area contributed by atoms with Crippen molar-refractivity contribution in [2.24, 2.45) is 0 Å². The summed E-state index contributed by atoms with van der Waals surface area (Å²) in [5.41, 5.74) is -0.127. The van der Waals surface area contributed by atoms with Crippen molar-refractivity contribution in [3.8, 4) is 0 Å². The normalized spacial score (nSPS) is 11.6. The molecule has 0 saturated carbocycles. The fourth-order valence-corrected chi connectivity index (χ4v) is 3.98. The molecule has 1 N–H and O–H groups in total. The van der Waals surface area contributed by atoms with Crippen molar-refractivity contribution in [1.82, 2.24) is 5.32 Å². The van der Waals surface area contributed by atoms with E-state index >= 15 is 0 Å². The standard InChI is InChI=1S/C15H29Br2NO/c1-3-5-6-7-8-9-10-11-14(19)18-15(4-2,12-16)13-17/h3-13H2,1-2H3,(H,18,19). The van der Waals surface area contributed by atoms with E-state index in [4.69, 9.17) is 0 Å². The molecule has 4 heteroatoms. The maximum atomic E-state index is 11.9. The van der Waals surface area contributed by atoms with Crippen LogP contribution >= 0.6 is 31.9 Å².